The molecule has 0 bridgehead atoms. The fourth-order valence-electron chi connectivity index (χ4n) is 3.65. The monoisotopic (exact) mass is 443 g/mol. The lowest BCUT2D eigenvalue weighted by Gasteiger charge is -2.33. The molecule has 160 valence electrons. The van der Waals surface area contributed by atoms with E-state index in [1.807, 2.05) is 83.5 Å². The van der Waals surface area contributed by atoms with Gasteiger partial charge in [0.15, 0.2) is 5.82 Å². The first kappa shape index (κ1) is 20.1. The zero-order valence-corrected chi connectivity index (χ0v) is 18.1. The Labute approximate surface area is 189 Å². The number of benzene rings is 3. The number of nitrogens with one attached hydrogen (secondary N) is 2. The number of hydrogen-bond acceptors (Lipinski definition) is 6. The number of nitrogens with zero attached hydrogens (tertiary/aromatic N) is 3. The number of carbonyl (C=O) groups is 1. The predicted molar refractivity (Wildman–Crippen MR) is 125 cm³/mol. The number of anilines is 1. The van der Waals surface area contributed by atoms with Crippen LogP contribution in [0.1, 0.15) is 11.6 Å². The summed E-state index contributed by atoms with van der Waals surface area (Å²) in [5.41, 5.74) is 6.12. The molecule has 0 fully saturated rings. The number of fused-ring (bicyclic) bond motifs is 1. The molecule has 0 radical (unpaired) electrons. The van der Waals surface area contributed by atoms with Gasteiger partial charge in [0.25, 0.3) is 0 Å². The lowest BCUT2D eigenvalue weighted by Crippen LogP contribution is -2.41. The van der Waals surface area contributed by atoms with Crippen molar-refractivity contribution in [3.8, 4) is 17.1 Å². The molecular formula is C24H21N5O2S. The Morgan fingerprint density at radius 1 is 1.00 bits per heavy atom. The van der Waals surface area contributed by atoms with E-state index in [1.54, 1.807) is 13.2 Å². The number of methoxy groups -OCH3 is 1. The number of rotatable bonds is 5. The molecule has 1 amide bonds. The molecule has 0 aliphatic carbocycles. The Kier molecular flexibility index (Phi) is 5.51. The van der Waals surface area contributed by atoms with Gasteiger partial charge in [-0.25, -0.2) is 4.68 Å². The van der Waals surface area contributed by atoms with Crippen molar-refractivity contribution in [2.24, 2.45) is 0 Å². The number of amides is 1. The summed E-state index contributed by atoms with van der Waals surface area (Å²) in [5.74, 6) is 1.27. The van der Waals surface area contributed by atoms with E-state index in [2.05, 4.69) is 20.9 Å². The molecule has 0 spiro atoms. The first-order valence-corrected chi connectivity index (χ1v) is 11.0. The lowest BCUT2D eigenvalue weighted by atomic mass is 10.0. The summed E-state index contributed by atoms with van der Waals surface area (Å²) in [6.45, 7) is 0. The highest BCUT2D eigenvalue weighted by molar-refractivity contribution is 8.00. The zero-order chi connectivity index (χ0) is 21.9. The third-order valence-electron chi connectivity index (χ3n) is 5.22. The Morgan fingerprint density at radius 3 is 2.50 bits per heavy atom. The number of carbonyl (C=O) groups excluding carboxylic acids is 1. The number of ether oxygens (including phenoxy) is 1. The van der Waals surface area contributed by atoms with Crippen molar-refractivity contribution in [2.45, 2.75) is 16.4 Å². The number of hydrogen-bond donors (Lipinski definition) is 2. The summed E-state index contributed by atoms with van der Waals surface area (Å²) in [4.78, 5) is 13.4. The SMILES string of the molecule is COc1cccc(NC(=O)[C@H]2Sc3nnc(-c4ccccc4)n3N[C@@H]2c2ccccc2)c1. The van der Waals surface area contributed by atoms with Crippen LogP contribution in [0.25, 0.3) is 11.4 Å². The van der Waals surface area contributed by atoms with E-state index in [9.17, 15) is 4.79 Å². The first-order chi connectivity index (χ1) is 15.7. The second-order valence-electron chi connectivity index (χ2n) is 7.28. The highest BCUT2D eigenvalue weighted by Gasteiger charge is 2.38. The van der Waals surface area contributed by atoms with Crippen LogP contribution < -0.4 is 15.5 Å². The van der Waals surface area contributed by atoms with Crippen LogP contribution in [0, 0.1) is 0 Å². The van der Waals surface area contributed by atoms with Crippen molar-refractivity contribution in [3.63, 3.8) is 0 Å². The topological polar surface area (TPSA) is 81.1 Å². The average Bonchev–Trinajstić information content (AvgIpc) is 3.27. The molecule has 1 aliphatic heterocycles. The fourth-order valence-corrected chi connectivity index (χ4v) is 4.73. The van der Waals surface area contributed by atoms with Crippen molar-refractivity contribution in [2.75, 3.05) is 17.9 Å². The normalized spacial score (nSPS) is 17.2. The Bertz CT molecular complexity index is 1230. The molecular weight excluding hydrogens is 422 g/mol. The van der Waals surface area contributed by atoms with Crippen molar-refractivity contribution < 1.29 is 9.53 Å². The molecule has 32 heavy (non-hydrogen) atoms. The third kappa shape index (κ3) is 3.92. The first-order valence-electron chi connectivity index (χ1n) is 10.2. The predicted octanol–water partition coefficient (Wildman–Crippen LogP) is 4.35. The van der Waals surface area contributed by atoms with E-state index in [0.717, 1.165) is 11.1 Å². The van der Waals surface area contributed by atoms with Crippen LogP contribution in [0.2, 0.25) is 0 Å². The molecule has 8 heteroatoms. The smallest absolute Gasteiger partial charge is 0.240 e. The van der Waals surface area contributed by atoms with Gasteiger partial charge in [0.05, 0.1) is 13.2 Å². The van der Waals surface area contributed by atoms with Gasteiger partial charge < -0.3 is 15.5 Å². The molecule has 2 N–H and O–H groups in total. The van der Waals surface area contributed by atoms with Gasteiger partial charge in [0.2, 0.25) is 11.1 Å². The van der Waals surface area contributed by atoms with Crippen molar-refractivity contribution in [3.05, 3.63) is 90.5 Å². The van der Waals surface area contributed by atoms with E-state index in [-0.39, 0.29) is 11.9 Å². The maximum atomic E-state index is 13.4. The second-order valence-corrected chi connectivity index (χ2v) is 8.39. The highest BCUT2D eigenvalue weighted by Crippen LogP contribution is 2.39. The van der Waals surface area contributed by atoms with E-state index in [4.69, 9.17) is 4.74 Å². The van der Waals surface area contributed by atoms with Crippen LogP contribution in [0.3, 0.4) is 0 Å². The van der Waals surface area contributed by atoms with Gasteiger partial charge in [-0.3, -0.25) is 4.79 Å². The minimum absolute atomic E-state index is 0.125. The van der Waals surface area contributed by atoms with Crippen LogP contribution in [0.5, 0.6) is 5.75 Å². The lowest BCUT2D eigenvalue weighted by molar-refractivity contribution is -0.116. The third-order valence-corrected chi connectivity index (χ3v) is 6.44. The molecule has 5 rings (SSSR count). The number of aromatic nitrogens is 3. The quantitative estimate of drug-likeness (QED) is 0.477. The summed E-state index contributed by atoms with van der Waals surface area (Å²) in [6, 6.07) is 26.9. The van der Waals surface area contributed by atoms with Gasteiger partial charge in [-0.1, -0.05) is 78.5 Å². The molecule has 0 saturated heterocycles. The van der Waals surface area contributed by atoms with Crippen LogP contribution in [-0.2, 0) is 4.79 Å². The van der Waals surface area contributed by atoms with E-state index < -0.39 is 5.25 Å². The second kappa shape index (κ2) is 8.76. The summed E-state index contributed by atoms with van der Waals surface area (Å²) < 4.78 is 7.14. The van der Waals surface area contributed by atoms with Crippen LogP contribution in [0.15, 0.2) is 90.1 Å². The van der Waals surface area contributed by atoms with Gasteiger partial charge in [-0.2, -0.15) is 0 Å². The maximum Gasteiger partial charge on any atom is 0.240 e. The van der Waals surface area contributed by atoms with E-state index in [0.29, 0.717) is 22.4 Å². The van der Waals surface area contributed by atoms with Crippen molar-refractivity contribution in [1.82, 2.24) is 14.9 Å². The van der Waals surface area contributed by atoms with Gasteiger partial charge in [-0.05, 0) is 17.7 Å². The van der Waals surface area contributed by atoms with Crippen LogP contribution >= 0.6 is 11.8 Å². The van der Waals surface area contributed by atoms with Gasteiger partial charge in [0, 0.05) is 17.3 Å². The Balaban J connectivity index is 1.49. The maximum absolute atomic E-state index is 13.4. The molecule has 0 unspecified atom stereocenters. The van der Waals surface area contributed by atoms with Crippen molar-refractivity contribution >= 4 is 23.4 Å². The molecule has 4 aromatic rings. The van der Waals surface area contributed by atoms with E-state index >= 15 is 0 Å². The minimum Gasteiger partial charge on any atom is -0.497 e. The summed E-state index contributed by atoms with van der Waals surface area (Å²) in [6.07, 6.45) is 0. The Hall–Kier alpha value is -3.78. The summed E-state index contributed by atoms with van der Waals surface area (Å²) in [5, 5.41) is 11.9. The standard InChI is InChI=1S/C24H21N5O2S/c1-31-19-14-8-13-18(15-19)25-23(30)21-20(16-9-4-2-5-10-16)28-29-22(26-27-24(29)32-21)17-11-6-3-7-12-17/h2-15,20-21,28H,1H3,(H,25,30)/t20-,21+/m1/s1. The fraction of sp³-hybridized carbons (Fsp3) is 0.125. The van der Waals surface area contributed by atoms with Gasteiger partial charge in [-0.15, -0.1) is 10.2 Å². The molecule has 0 saturated carbocycles. The largest absolute Gasteiger partial charge is 0.497 e. The molecule has 3 aromatic carbocycles. The molecule has 1 aromatic heterocycles. The van der Waals surface area contributed by atoms with Crippen molar-refractivity contribution in [1.29, 1.82) is 0 Å². The molecule has 2 atom stereocenters. The molecule has 2 heterocycles. The average molecular weight is 444 g/mol. The van der Waals surface area contributed by atoms with Gasteiger partial charge >= 0.3 is 0 Å². The zero-order valence-electron chi connectivity index (χ0n) is 17.3. The highest BCUT2D eigenvalue weighted by atomic mass is 32.2. The summed E-state index contributed by atoms with van der Waals surface area (Å²) >= 11 is 1.40. The van der Waals surface area contributed by atoms with Crippen LogP contribution in [0.4, 0.5) is 5.69 Å². The Morgan fingerprint density at radius 2 is 1.75 bits per heavy atom. The summed E-state index contributed by atoms with van der Waals surface area (Å²) in [7, 11) is 1.60. The number of thioether (sulfide) groups is 1. The van der Waals surface area contributed by atoms with E-state index in [1.165, 1.54) is 11.8 Å². The molecule has 1 aliphatic rings. The van der Waals surface area contributed by atoms with Gasteiger partial charge in [0.1, 0.15) is 11.0 Å². The minimum atomic E-state index is -0.455. The molecule has 7 nitrogen and oxygen atoms in total. The van der Waals surface area contributed by atoms with Crippen LogP contribution in [-0.4, -0.2) is 33.1 Å².